The predicted molar refractivity (Wildman–Crippen MR) is 155 cm³/mol. The summed E-state index contributed by atoms with van der Waals surface area (Å²) in [4.78, 5) is 28.8. The number of nitrogens with zero attached hydrogens (tertiary/aromatic N) is 1. The average molecular weight is 590 g/mol. The van der Waals surface area contributed by atoms with Crippen LogP contribution in [0, 0.1) is 11.8 Å². The number of carbonyl (C=O) groups excluding carboxylic acids is 2. The number of anilines is 1. The fourth-order valence-electron chi connectivity index (χ4n) is 5.81. The SMILES string of the molecule is O=C(N[C@@H](CCc1ccccc1)CNc1ccc(OC(F)(F)F)cc1)C(CC(=O)N1CCOCC1)CC1CCCCC1. The first-order chi connectivity index (χ1) is 20.2. The molecule has 1 heterocycles. The summed E-state index contributed by atoms with van der Waals surface area (Å²) in [7, 11) is 0. The molecule has 1 aliphatic carbocycles. The molecular weight excluding hydrogens is 547 g/mol. The summed E-state index contributed by atoms with van der Waals surface area (Å²) >= 11 is 0. The molecule has 7 nitrogen and oxygen atoms in total. The maximum Gasteiger partial charge on any atom is 0.573 e. The van der Waals surface area contributed by atoms with Crippen LogP contribution in [0.1, 0.15) is 56.9 Å². The molecule has 42 heavy (non-hydrogen) atoms. The van der Waals surface area contributed by atoms with Gasteiger partial charge in [0.05, 0.1) is 13.2 Å². The zero-order valence-electron chi connectivity index (χ0n) is 24.0. The van der Waals surface area contributed by atoms with Crippen molar-refractivity contribution < 1.29 is 32.2 Å². The number of morpholine rings is 1. The normalized spacial score (nSPS) is 17.7. The zero-order chi connectivity index (χ0) is 29.8. The highest BCUT2D eigenvalue weighted by molar-refractivity contribution is 5.86. The van der Waals surface area contributed by atoms with E-state index in [1.807, 2.05) is 30.3 Å². The van der Waals surface area contributed by atoms with Crippen molar-refractivity contribution in [3.63, 3.8) is 0 Å². The van der Waals surface area contributed by atoms with Gasteiger partial charge in [-0.3, -0.25) is 9.59 Å². The molecule has 0 spiro atoms. The smallest absolute Gasteiger partial charge is 0.406 e. The van der Waals surface area contributed by atoms with Gasteiger partial charge in [-0.15, -0.1) is 13.2 Å². The Balaban J connectivity index is 1.42. The molecule has 2 N–H and O–H groups in total. The molecule has 2 aromatic carbocycles. The van der Waals surface area contributed by atoms with E-state index in [1.165, 1.54) is 30.7 Å². The molecule has 1 saturated carbocycles. The van der Waals surface area contributed by atoms with E-state index in [4.69, 9.17) is 4.74 Å². The highest BCUT2D eigenvalue weighted by Crippen LogP contribution is 2.31. The van der Waals surface area contributed by atoms with Gasteiger partial charge in [0.25, 0.3) is 0 Å². The molecule has 2 aromatic rings. The molecule has 4 rings (SSSR count). The van der Waals surface area contributed by atoms with E-state index in [9.17, 15) is 22.8 Å². The first-order valence-corrected chi connectivity index (χ1v) is 15.0. The molecular formula is C32H42F3N3O4. The van der Waals surface area contributed by atoms with Crippen LogP contribution in [0.3, 0.4) is 0 Å². The van der Waals surface area contributed by atoms with Gasteiger partial charge in [0, 0.05) is 43.7 Å². The lowest BCUT2D eigenvalue weighted by molar-refractivity contribution is -0.274. The Morgan fingerprint density at radius 1 is 0.976 bits per heavy atom. The zero-order valence-corrected chi connectivity index (χ0v) is 24.0. The van der Waals surface area contributed by atoms with Crippen molar-refractivity contribution in [1.82, 2.24) is 10.2 Å². The topological polar surface area (TPSA) is 79.9 Å². The van der Waals surface area contributed by atoms with Crippen LogP contribution < -0.4 is 15.4 Å². The lowest BCUT2D eigenvalue weighted by Crippen LogP contribution is -2.46. The van der Waals surface area contributed by atoms with Gasteiger partial charge in [-0.25, -0.2) is 0 Å². The van der Waals surface area contributed by atoms with E-state index in [-0.39, 0.29) is 30.0 Å². The fraction of sp³-hybridized carbons (Fsp3) is 0.562. The number of aryl methyl sites for hydroxylation is 1. The van der Waals surface area contributed by atoms with Gasteiger partial charge in [0.2, 0.25) is 11.8 Å². The highest BCUT2D eigenvalue weighted by Gasteiger charge is 2.31. The Morgan fingerprint density at radius 2 is 1.67 bits per heavy atom. The Kier molecular flexibility index (Phi) is 11.9. The van der Waals surface area contributed by atoms with Gasteiger partial charge in [-0.2, -0.15) is 0 Å². The van der Waals surface area contributed by atoms with Crippen molar-refractivity contribution in [3.05, 3.63) is 60.2 Å². The standard InChI is InChI=1S/C32H42F3N3O4/c33-32(34,35)42-29-15-13-27(14-16-29)36-23-28(12-11-24-7-3-1-4-8-24)37-31(40)26(21-25-9-5-2-6-10-25)22-30(39)38-17-19-41-20-18-38/h1,3-4,7-8,13-16,25-26,28,36H,2,5-6,9-12,17-23H2,(H,37,40)/t26?,28-/m0/s1. The summed E-state index contributed by atoms with van der Waals surface area (Å²) in [6.07, 6.45) is 3.24. The molecule has 2 fully saturated rings. The summed E-state index contributed by atoms with van der Waals surface area (Å²) in [5.74, 6) is -0.394. The highest BCUT2D eigenvalue weighted by atomic mass is 19.4. The fourth-order valence-corrected chi connectivity index (χ4v) is 5.81. The van der Waals surface area contributed by atoms with Gasteiger partial charge < -0.3 is 25.0 Å². The number of ether oxygens (including phenoxy) is 2. The van der Waals surface area contributed by atoms with Gasteiger partial charge in [0.1, 0.15) is 5.75 Å². The number of carbonyl (C=O) groups is 2. The molecule has 10 heteroatoms. The molecule has 1 aliphatic heterocycles. The lowest BCUT2D eigenvalue weighted by Gasteiger charge is -2.31. The van der Waals surface area contributed by atoms with Gasteiger partial charge in [-0.1, -0.05) is 62.4 Å². The summed E-state index contributed by atoms with van der Waals surface area (Å²) in [6.45, 7) is 2.51. The second-order valence-electron chi connectivity index (χ2n) is 11.3. The third kappa shape index (κ3) is 10.9. The van der Waals surface area contributed by atoms with Crippen molar-refractivity contribution in [2.24, 2.45) is 11.8 Å². The van der Waals surface area contributed by atoms with Crippen molar-refractivity contribution in [2.45, 2.75) is 70.2 Å². The van der Waals surface area contributed by atoms with Crippen LogP contribution in [0.5, 0.6) is 5.75 Å². The van der Waals surface area contributed by atoms with Crippen molar-refractivity contribution >= 4 is 17.5 Å². The largest absolute Gasteiger partial charge is 0.573 e. The van der Waals surface area contributed by atoms with Crippen molar-refractivity contribution in [2.75, 3.05) is 38.2 Å². The molecule has 0 radical (unpaired) electrons. The third-order valence-electron chi connectivity index (χ3n) is 8.11. The second kappa shape index (κ2) is 15.8. The monoisotopic (exact) mass is 589 g/mol. The van der Waals surface area contributed by atoms with E-state index < -0.39 is 12.3 Å². The van der Waals surface area contributed by atoms with Crippen LogP contribution in [0.2, 0.25) is 0 Å². The number of alkyl halides is 3. The molecule has 2 atom stereocenters. The Hall–Kier alpha value is -3.27. The number of nitrogens with one attached hydrogen (secondary N) is 2. The minimum Gasteiger partial charge on any atom is -0.406 e. The third-order valence-corrected chi connectivity index (χ3v) is 8.11. The molecule has 1 unspecified atom stereocenters. The predicted octanol–water partition coefficient (Wildman–Crippen LogP) is 5.95. The first kappa shape index (κ1) is 31.7. The second-order valence-corrected chi connectivity index (χ2v) is 11.3. The van der Waals surface area contributed by atoms with Crippen LogP contribution in [0.25, 0.3) is 0 Å². The van der Waals surface area contributed by atoms with E-state index in [0.29, 0.717) is 57.3 Å². The molecule has 0 aromatic heterocycles. The molecule has 1 saturated heterocycles. The summed E-state index contributed by atoms with van der Waals surface area (Å²) in [6, 6.07) is 15.3. The minimum absolute atomic E-state index is 0.00520. The number of hydrogen-bond donors (Lipinski definition) is 2. The molecule has 2 amide bonds. The van der Waals surface area contributed by atoms with Gasteiger partial charge in [0.15, 0.2) is 0 Å². The van der Waals surface area contributed by atoms with Gasteiger partial charge >= 0.3 is 6.36 Å². The number of amides is 2. The lowest BCUT2D eigenvalue weighted by atomic mass is 9.81. The molecule has 0 bridgehead atoms. The van der Waals surface area contributed by atoms with Crippen LogP contribution in [-0.4, -0.2) is 62.0 Å². The summed E-state index contributed by atoms with van der Waals surface area (Å²) in [5, 5.41) is 6.48. The van der Waals surface area contributed by atoms with Crippen LogP contribution in [-0.2, 0) is 20.7 Å². The van der Waals surface area contributed by atoms with Crippen molar-refractivity contribution in [1.29, 1.82) is 0 Å². The summed E-state index contributed by atoms with van der Waals surface area (Å²) < 4.78 is 47.0. The van der Waals surface area contributed by atoms with Crippen molar-refractivity contribution in [3.8, 4) is 5.75 Å². The van der Waals surface area contributed by atoms with E-state index >= 15 is 0 Å². The minimum atomic E-state index is -4.75. The quantitative estimate of drug-likeness (QED) is 0.302. The van der Waals surface area contributed by atoms with Crippen LogP contribution in [0.4, 0.5) is 18.9 Å². The summed E-state index contributed by atoms with van der Waals surface area (Å²) in [5.41, 5.74) is 1.76. The Morgan fingerprint density at radius 3 is 2.33 bits per heavy atom. The number of hydrogen-bond acceptors (Lipinski definition) is 5. The maximum atomic E-state index is 13.8. The Bertz CT molecular complexity index is 1100. The van der Waals surface area contributed by atoms with E-state index in [0.717, 1.165) is 37.7 Å². The first-order valence-electron chi connectivity index (χ1n) is 15.0. The van der Waals surface area contributed by atoms with E-state index in [1.54, 1.807) is 4.90 Å². The van der Waals surface area contributed by atoms with Crippen LogP contribution in [0.15, 0.2) is 54.6 Å². The molecule has 2 aliphatic rings. The van der Waals surface area contributed by atoms with Gasteiger partial charge in [-0.05, 0) is 55.0 Å². The van der Waals surface area contributed by atoms with E-state index in [2.05, 4.69) is 15.4 Å². The molecule has 230 valence electrons. The number of benzene rings is 2. The Labute approximate surface area is 246 Å². The average Bonchev–Trinajstić information content (AvgIpc) is 2.99. The van der Waals surface area contributed by atoms with Crippen LogP contribution >= 0.6 is 0 Å². The number of halogens is 3. The number of rotatable bonds is 13. The maximum absolute atomic E-state index is 13.8.